The molecule has 38 heavy (non-hydrogen) atoms. The number of terminal acetylenes is 1. The third-order valence-electron chi connectivity index (χ3n) is 6.10. The molecule has 0 unspecified atom stereocenters. The zero-order valence-corrected chi connectivity index (χ0v) is 21.3. The zero-order valence-electron chi connectivity index (χ0n) is 20.4. The van der Waals surface area contributed by atoms with Gasteiger partial charge in [0.2, 0.25) is 11.8 Å². The van der Waals surface area contributed by atoms with Crippen LogP contribution >= 0.6 is 11.8 Å². The van der Waals surface area contributed by atoms with Gasteiger partial charge in [0.25, 0.3) is 0 Å². The molecule has 1 aromatic carbocycles. The summed E-state index contributed by atoms with van der Waals surface area (Å²) in [6.07, 6.45) is 9.74. The Morgan fingerprint density at radius 1 is 1.39 bits per heavy atom. The zero-order chi connectivity index (χ0) is 27.3. The van der Waals surface area contributed by atoms with Gasteiger partial charge in [-0.3, -0.25) is 4.99 Å². The number of nitrogens with zero attached hydrogens (tertiary/aromatic N) is 6. The molecule has 1 saturated heterocycles. The van der Waals surface area contributed by atoms with Crippen molar-refractivity contribution < 1.29 is 17.9 Å². The van der Waals surface area contributed by atoms with Gasteiger partial charge in [-0.25, -0.2) is 33.1 Å². The predicted molar refractivity (Wildman–Crippen MR) is 144 cm³/mol. The van der Waals surface area contributed by atoms with Gasteiger partial charge in [-0.2, -0.15) is 0 Å². The van der Waals surface area contributed by atoms with E-state index in [9.17, 15) is 8.78 Å². The number of rotatable bonds is 8. The van der Waals surface area contributed by atoms with E-state index in [1.807, 2.05) is 4.90 Å². The highest BCUT2D eigenvalue weighted by Gasteiger charge is 2.52. The fraction of sp³-hybridized carbons (Fsp3) is 0.269. The molecule has 2 N–H and O–H groups in total. The standard InChI is InChI=1S/C26H24F3N7OS/c1-4-7-37-23(31-3)12-32-16(2)22(29)9-17-5-6-21(28)20(8-17)26-15-36(25-33-10-19(27)11-34-25)13-18(26)14-38-24(30)35-26/h1,5-6,8-12,18H,3,7,13-15H2,2H3,(H2,30,35)/b22-9-,23-12+,32-16+/t18-,26-/m1/s1. The molecule has 8 nitrogen and oxygen atoms in total. The molecule has 196 valence electrons. The fourth-order valence-corrected chi connectivity index (χ4v) is 5.27. The lowest BCUT2D eigenvalue weighted by Crippen LogP contribution is -2.40. The second-order valence-electron chi connectivity index (χ2n) is 8.53. The molecular weight excluding hydrogens is 515 g/mol. The smallest absolute Gasteiger partial charge is 0.232 e. The number of aliphatic imine (C=N–C) groups is 3. The van der Waals surface area contributed by atoms with Crippen LogP contribution in [0.3, 0.4) is 0 Å². The lowest BCUT2D eigenvalue weighted by molar-refractivity contribution is 0.251. The summed E-state index contributed by atoms with van der Waals surface area (Å²) >= 11 is 1.38. The van der Waals surface area contributed by atoms with Crippen LogP contribution in [0, 0.1) is 29.9 Å². The first kappa shape index (κ1) is 26.9. The minimum absolute atomic E-state index is 0.0327. The third kappa shape index (κ3) is 5.73. The Balaban J connectivity index is 1.68. The number of nitrogens with two attached hydrogens (primary N) is 1. The fourth-order valence-electron chi connectivity index (χ4n) is 4.29. The molecule has 0 radical (unpaired) electrons. The highest BCUT2D eigenvalue weighted by Crippen LogP contribution is 2.47. The van der Waals surface area contributed by atoms with Gasteiger partial charge < -0.3 is 15.4 Å². The van der Waals surface area contributed by atoms with E-state index in [1.165, 1.54) is 43.1 Å². The molecule has 0 amide bonds. The second-order valence-corrected chi connectivity index (χ2v) is 9.57. The molecule has 2 atom stereocenters. The van der Waals surface area contributed by atoms with Gasteiger partial charge >= 0.3 is 0 Å². The number of amidine groups is 1. The Morgan fingerprint density at radius 2 is 2.16 bits per heavy atom. The topological polar surface area (TPSA) is 101 Å². The van der Waals surface area contributed by atoms with E-state index in [0.717, 1.165) is 12.4 Å². The molecule has 2 aromatic rings. The number of fused-ring (bicyclic) bond motifs is 1. The van der Waals surface area contributed by atoms with E-state index in [0.29, 0.717) is 29.0 Å². The van der Waals surface area contributed by atoms with Crippen LogP contribution in [0.25, 0.3) is 6.08 Å². The maximum Gasteiger partial charge on any atom is 0.232 e. The number of ether oxygens (including phenoxy) is 1. The lowest BCUT2D eigenvalue weighted by Gasteiger charge is -2.35. The molecule has 0 spiro atoms. The van der Waals surface area contributed by atoms with E-state index in [4.69, 9.17) is 21.9 Å². The van der Waals surface area contributed by atoms with Crippen molar-refractivity contribution in [1.82, 2.24) is 9.97 Å². The lowest BCUT2D eigenvalue weighted by atomic mass is 9.81. The number of anilines is 1. The first-order valence-corrected chi connectivity index (χ1v) is 12.4. The molecule has 2 aliphatic heterocycles. The molecule has 2 aliphatic rings. The van der Waals surface area contributed by atoms with Crippen LogP contribution < -0.4 is 10.6 Å². The van der Waals surface area contributed by atoms with E-state index in [1.54, 1.807) is 6.07 Å². The van der Waals surface area contributed by atoms with Crippen molar-refractivity contribution in [3.8, 4) is 12.3 Å². The van der Waals surface area contributed by atoms with Gasteiger partial charge in [0.15, 0.2) is 17.6 Å². The van der Waals surface area contributed by atoms with E-state index < -0.39 is 23.0 Å². The van der Waals surface area contributed by atoms with Crippen molar-refractivity contribution in [2.24, 2.45) is 26.6 Å². The third-order valence-corrected chi connectivity index (χ3v) is 7.06. The highest BCUT2D eigenvalue weighted by atomic mass is 32.2. The summed E-state index contributed by atoms with van der Waals surface area (Å²) in [5.41, 5.74) is 5.75. The first-order valence-electron chi connectivity index (χ1n) is 11.4. The summed E-state index contributed by atoms with van der Waals surface area (Å²) in [5.74, 6) is 1.37. The molecule has 12 heteroatoms. The molecular formula is C26H24F3N7OS. The largest absolute Gasteiger partial charge is 0.463 e. The number of hydrogen-bond acceptors (Lipinski definition) is 9. The quantitative estimate of drug-likeness (QED) is 0.308. The van der Waals surface area contributed by atoms with Gasteiger partial charge in [0.05, 0.1) is 30.9 Å². The van der Waals surface area contributed by atoms with Crippen molar-refractivity contribution in [3.05, 3.63) is 71.3 Å². The number of hydrogen-bond donors (Lipinski definition) is 1. The Morgan fingerprint density at radius 3 is 2.87 bits per heavy atom. The molecule has 1 aromatic heterocycles. The van der Waals surface area contributed by atoms with Crippen molar-refractivity contribution in [3.63, 3.8) is 0 Å². The predicted octanol–water partition coefficient (Wildman–Crippen LogP) is 4.07. The van der Waals surface area contributed by atoms with E-state index in [2.05, 4.69) is 32.6 Å². The summed E-state index contributed by atoms with van der Waals surface area (Å²) in [4.78, 5) is 22.3. The average Bonchev–Trinajstić information content (AvgIpc) is 3.29. The van der Waals surface area contributed by atoms with Crippen molar-refractivity contribution in [2.75, 3.05) is 30.3 Å². The Bertz CT molecular complexity index is 1380. The summed E-state index contributed by atoms with van der Waals surface area (Å²) in [5, 5.41) is 0.322. The Hall–Kier alpha value is -4.11. The number of halogens is 3. The molecule has 3 heterocycles. The van der Waals surface area contributed by atoms with Crippen LogP contribution in [0.15, 0.2) is 63.5 Å². The van der Waals surface area contributed by atoms with Crippen LogP contribution in [-0.4, -0.2) is 53.0 Å². The maximum absolute atomic E-state index is 15.3. The molecule has 4 rings (SSSR count). The van der Waals surface area contributed by atoms with Gasteiger partial charge in [0, 0.05) is 23.8 Å². The van der Waals surface area contributed by atoms with Crippen molar-refractivity contribution in [2.45, 2.75) is 12.5 Å². The Labute approximate surface area is 222 Å². The molecule has 0 bridgehead atoms. The van der Waals surface area contributed by atoms with Gasteiger partial charge in [-0.15, -0.1) is 6.42 Å². The summed E-state index contributed by atoms with van der Waals surface area (Å²) in [6, 6.07) is 4.28. The van der Waals surface area contributed by atoms with Crippen LogP contribution in [-0.2, 0) is 10.3 Å². The van der Waals surface area contributed by atoms with Gasteiger partial charge in [-0.05, 0) is 37.4 Å². The van der Waals surface area contributed by atoms with Crippen molar-refractivity contribution in [1.29, 1.82) is 0 Å². The number of thioether (sulfide) groups is 1. The Kier molecular flexibility index (Phi) is 8.16. The minimum Gasteiger partial charge on any atom is -0.463 e. The number of aromatic nitrogens is 2. The summed E-state index contributed by atoms with van der Waals surface area (Å²) in [7, 11) is 0. The number of benzene rings is 1. The second kappa shape index (κ2) is 11.5. The molecule has 0 aliphatic carbocycles. The normalized spacial score (nSPS) is 22.0. The van der Waals surface area contributed by atoms with Crippen LogP contribution in [0.4, 0.5) is 19.1 Å². The van der Waals surface area contributed by atoms with E-state index in [-0.39, 0.29) is 36.2 Å². The minimum atomic E-state index is -1.05. The van der Waals surface area contributed by atoms with Gasteiger partial charge in [0.1, 0.15) is 17.2 Å². The molecule has 1 fully saturated rings. The molecule has 0 saturated carbocycles. The van der Waals surface area contributed by atoms with Crippen LogP contribution in [0.2, 0.25) is 0 Å². The summed E-state index contributed by atoms with van der Waals surface area (Å²) in [6.45, 7) is 5.46. The van der Waals surface area contributed by atoms with Crippen LogP contribution in [0.1, 0.15) is 18.1 Å². The summed E-state index contributed by atoms with van der Waals surface area (Å²) < 4.78 is 48.8. The van der Waals surface area contributed by atoms with Gasteiger partial charge in [-0.1, -0.05) is 23.7 Å². The van der Waals surface area contributed by atoms with Crippen LogP contribution in [0.5, 0.6) is 0 Å². The highest BCUT2D eigenvalue weighted by molar-refractivity contribution is 8.13. The number of allylic oxidation sites excluding steroid dienone is 1. The monoisotopic (exact) mass is 539 g/mol. The van der Waals surface area contributed by atoms with Crippen molar-refractivity contribution >= 4 is 41.4 Å². The maximum atomic E-state index is 15.3. The SMILES string of the molecule is C#CCO/C(=C/N=C(C)/C(F)=C/c1ccc(F)c([C@@]23CN(c4ncc(F)cn4)C[C@@H]2CSC(N)=N3)c1)N=C. The average molecular weight is 540 g/mol. The first-order chi connectivity index (χ1) is 18.3. The van der Waals surface area contributed by atoms with E-state index >= 15 is 4.39 Å².